The van der Waals surface area contributed by atoms with E-state index in [2.05, 4.69) is 27.5 Å². The second kappa shape index (κ2) is 9.20. The van der Waals surface area contributed by atoms with Crippen LogP contribution in [0, 0.1) is 5.92 Å². The van der Waals surface area contributed by atoms with E-state index in [9.17, 15) is 4.79 Å². The van der Waals surface area contributed by atoms with Gasteiger partial charge in [-0.15, -0.1) is 0 Å². The number of likely N-dealkylation sites (tertiary alicyclic amines) is 2. The van der Waals surface area contributed by atoms with Gasteiger partial charge in [-0.2, -0.15) is 0 Å². The Hall–Kier alpha value is -1.59. The van der Waals surface area contributed by atoms with Crippen molar-refractivity contribution in [3.8, 4) is 0 Å². The highest BCUT2D eigenvalue weighted by Gasteiger charge is 2.27. The van der Waals surface area contributed by atoms with Gasteiger partial charge >= 0.3 is 0 Å². The topological polar surface area (TPSA) is 47.6 Å². The normalized spacial score (nSPS) is 21.2. The monoisotopic (exact) mass is 344 g/mol. The van der Waals surface area contributed by atoms with Crippen molar-refractivity contribution in [2.75, 3.05) is 51.6 Å². The number of nitrogens with zero attached hydrogens (tertiary/aromatic N) is 2. The van der Waals surface area contributed by atoms with Crippen LogP contribution in [0.25, 0.3) is 0 Å². The Morgan fingerprint density at radius 3 is 2.40 bits per heavy atom. The van der Waals surface area contributed by atoms with Crippen molar-refractivity contribution in [1.82, 2.24) is 15.1 Å². The number of nitrogens with one attached hydrogen (secondary N) is 2. The molecule has 2 heterocycles. The van der Waals surface area contributed by atoms with Crippen LogP contribution >= 0.6 is 0 Å². The highest BCUT2D eigenvalue weighted by molar-refractivity contribution is 5.80. The summed E-state index contributed by atoms with van der Waals surface area (Å²) in [5.74, 6) is 0.713. The summed E-state index contributed by atoms with van der Waals surface area (Å²) < 4.78 is 0. The number of rotatable bonds is 6. The van der Waals surface area contributed by atoms with Gasteiger partial charge in [0, 0.05) is 18.3 Å². The molecule has 0 saturated carbocycles. The average Bonchev–Trinajstić information content (AvgIpc) is 2.67. The molecule has 2 saturated heterocycles. The van der Waals surface area contributed by atoms with Crippen LogP contribution in [0.5, 0.6) is 0 Å². The molecule has 0 bridgehead atoms. The van der Waals surface area contributed by atoms with Gasteiger partial charge in [0.1, 0.15) is 0 Å². The molecule has 5 nitrogen and oxygen atoms in total. The van der Waals surface area contributed by atoms with Crippen molar-refractivity contribution >= 4 is 11.6 Å². The van der Waals surface area contributed by atoms with Gasteiger partial charge in [-0.25, -0.2) is 0 Å². The van der Waals surface area contributed by atoms with Crippen LogP contribution in [0.15, 0.2) is 30.3 Å². The number of amides is 1. The van der Waals surface area contributed by atoms with Crippen LogP contribution < -0.4 is 10.6 Å². The van der Waals surface area contributed by atoms with Gasteiger partial charge in [-0.1, -0.05) is 18.2 Å². The zero-order valence-electron chi connectivity index (χ0n) is 15.4. The first-order valence-electron chi connectivity index (χ1n) is 9.69. The van der Waals surface area contributed by atoms with E-state index in [1.807, 2.05) is 30.3 Å². The van der Waals surface area contributed by atoms with E-state index in [1.165, 1.54) is 51.9 Å². The Morgan fingerprint density at radius 2 is 1.72 bits per heavy atom. The Bertz CT molecular complexity index is 520. The Morgan fingerprint density at radius 1 is 1.04 bits per heavy atom. The minimum absolute atomic E-state index is 0.0848. The van der Waals surface area contributed by atoms with E-state index < -0.39 is 0 Å². The fourth-order valence-corrected chi connectivity index (χ4v) is 3.94. The second-order valence-electron chi connectivity index (χ2n) is 7.54. The quantitative estimate of drug-likeness (QED) is 0.829. The van der Waals surface area contributed by atoms with E-state index >= 15 is 0 Å². The van der Waals surface area contributed by atoms with E-state index in [4.69, 9.17) is 0 Å². The summed E-state index contributed by atoms with van der Waals surface area (Å²) in [4.78, 5) is 17.1. The molecule has 1 aromatic rings. The van der Waals surface area contributed by atoms with Gasteiger partial charge in [0.05, 0.1) is 6.54 Å². The van der Waals surface area contributed by atoms with Crippen molar-refractivity contribution < 1.29 is 4.79 Å². The van der Waals surface area contributed by atoms with Crippen LogP contribution in [0.2, 0.25) is 0 Å². The van der Waals surface area contributed by atoms with Gasteiger partial charge in [0.15, 0.2) is 0 Å². The highest BCUT2D eigenvalue weighted by atomic mass is 16.1. The number of para-hydroxylation sites is 1. The molecule has 0 unspecified atom stereocenters. The summed E-state index contributed by atoms with van der Waals surface area (Å²) in [5, 5.41) is 6.26. The van der Waals surface area contributed by atoms with Crippen molar-refractivity contribution in [3.63, 3.8) is 0 Å². The third-order valence-corrected chi connectivity index (χ3v) is 5.67. The first kappa shape index (κ1) is 18.2. The van der Waals surface area contributed by atoms with Gasteiger partial charge in [0.25, 0.3) is 0 Å². The van der Waals surface area contributed by atoms with Crippen molar-refractivity contribution in [2.24, 2.45) is 5.92 Å². The Balaban J connectivity index is 1.30. The molecule has 0 radical (unpaired) electrons. The molecular formula is C20H32N4O. The summed E-state index contributed by atoms with van der Waals surface area (Å²) in [6.45, 7) is 6.01. The van der Waals surface area contributed by atoms with E-state index in [0.29, 0.717) is 12.5 Å². The SMILES string of the molecule is CN1CCC(N2CCC(CNC(=O)CNc3ccccc3)CC2)CC1. The maximum absolute atomic E-state index is 12.0. The number of anilines is 1. The van der Waals surface area contributed by atoms with Crippen LogP contribution in [0.1, 0.15) is 25.7 Å². The summed E-state index contributed by atoms with van der Waals surface area (Å²) in [7, 11) is 2.22. The minimum atomic E-state index is 0.0848. The fourth-order valence-electron chi connectivity index (χ4n) is 3.94. The van der Waals surface area contributed by atoms with Gasteiger partial charge in [-0.05, 0) is 77.0 Å². The van der Waals surface area contributed by atoms with Crippen LogP contribution in [0.3, 0.4) is 0 Å². The van der Waals surface area contributed by atoms with Gasteiger partial charge < -0.3 is 20.4 Å². The number of carbonyl (C=O) groups excluding carboxylic acids is 1. The maximum atomic E-state index is 12.0. The predicted octanol–water partition coefficient (Wildman–Crippen LogP) is 2.02. The largest absolute Gasteiger partial charge is 0.376 e. The molecule has 25 heavy (non-hydrogen) atoms. The molecule has 2 aliphatic rings. The van der Waals surface area contributed by atoms with E-state index in [-0.39, 0.29) is 5.91 Å². The Labute approximate surface area is 151 Å². The van der Waals surface area contributed by atoms with Gasteiger partial charge in [0.2, 0.25) is 5.91 Å². The zero-order valence-corrected chi connectivity index (χ0v) is 15.4. The van der Waals surface area contributed by atoms with E-state index in [0.717, 1.165) is 18.3 Å². The van der Waals surface area contributed by atoms with Crippen molar-refractivity contribution in [3.05, 3.63) is 30.3 Å². The molecule has 1 aromatic carbocycles. The lowest BCUT2D eigenvalue weighted by Gasteiger charge is -2.41. The minimum Gasteiger partial charge on any atom is -0.376 e. The molecule has 0 spiro atoms. The molecule has 1 amide bonds. The van der Waals surface area contributed by atoms with E-state index in [1.54, 1.807) is 0 Å². The second-order valence-corrected chi connectivity index (χ2v) is 7.54. The molecule has 138 valence electrons. The lowest BCUT2D eigenvalue weighted by atomic mass is 9.93. The lowest BCUT2D eigenvalue weighted by molar-refractivity contribution is -0.119. The first-order valence-corrected chi connectivity index (χ1v) is 9.69. The molecule has 0 aromatic heterocycles. The number of hydrogen-bond donors (Lipinski definition) is 2. The number of carbonyl (C=O) groups is 1. The average molecular weight is 345 g/mol. The predicted molar refractivity (Wildman–Crippen MR) is 103 cm³/mol. The standard InChI is InChI=1S/C20H32N4O/c1-23-11-9-19(10-12-23)24-13-7-17(8-14-24)15-22-20(25)16-21-18-5-3-2-4-6-18/h2-6,17,19,21H,7-16H2,1H3,(H,22,25). The summed E-state index contributed by atoms with van der Waals surface area (Å²) in [6, 6.07) is 10.7. The zero-order chi connectivity index (χ0) is 17.5. The van der Waals surface area contributed by atoms with Crippen LogP contribution in [0.4, 0.5) is 5.69 Å². The number of benzene rings is 1. The van der Waals surface area contributed by atoms with Gasteiger partial charge in [-0.3, -0.25) is 4.79 Å². The Kier molecular flexibility index (Phi) is 6.70. The third kappa shape index (κ3) is 5.72. The molecule has 5 heteroatoms. The molecule has 3 rings (SSSR count). The molecular weight excluding hydrogens is 312 g/mol. The smallest absolute Gasteiger partial charge is 0.239 e. The molecule has 2 N–H and O–H groups in total. The molecule has 2 fully saturated rings. The maximum Gasteiger partial charge on any atom is 0.239 e. The van der Waals surface area contributed by atoms with Crippen LogP contribution in [-0.2, 0) is 4.79 Å². The lowest BCUT2D eigenvalue weighted by Crippen LogP contribution is -2.48. The summed E-state index contributed by atoms with van der Waals surface area (Å²) in [6.07, 6.45) is 5.03. The number of hydrogen-bond acceptors (Lipinski definition) is 4. The molecule has 0 aliphatic carbocycles. The summed E-state index contributed by atoms with van der Waals surface area (Å²) in [5.41, 5.74) is 0.990. The number of piperidine rings is 2. The summed E-state index contributed by atoms with van der Waals surface area (Å²) >= 11 is 0. The van der Waals surface area contributed by atoms with Crippen molar-refractivity contribution in [2.45, 2.75) is 31.7 Å². The first-order chi connectivity index (χ1) is 12.2. The highest BCUT2D eigenvalue weighted by Crippen LogP contribution is 2.23. The molecule has 2 aliphatic heterocycles. The molecule has 0 atom stereocenters. The van der Waals surface area contributed by atoms with Crippen LogP contribution in [-0.4, -0.2) is 68.1 Å². The fraction of sp³-hybridized carbons (Fsp3) is 0.650. The van der Waals surface area contributed by atoms with Crippen molar-refractivity contribution in [1.29, 1.82) is 0 Å². The third-order valence-electron chi connectivity index (χ3n) is 5.67.